The van der Waals surface area contributed by atoms with Gasteiger partial charge in [0.05, 0.1) is 24.7 Å². The molecule has 0 unspecified atom stereocenters. The molecular weight excluding hydrogens is 340 g/mol. The summed E-state index contributed by atoms with van der Waals surface area (Å²) in [7, 11) is -1.49. The van der Waals surface area contributed by atoms with Gasteiger partial charge >= 0.3 is 0 Å². The van der Waals surface area contributed by atoms with Gasteiger partial charge in [-0.1, -0.05) is 32.0 Å². The van der Waals surface area contributed by atoms with Gasteiger partial charge in [-0.3, -0.25) is 9.69 Å². The Morgan fingerprint density at radius 3 is 2.56 bits per heavy atom. The molecule has 1 amide bonds. The van der Waals surface area contributed by atoms with E-state index in [0.717, 1.165) is 11.3 Å². The third kappa shape index (κ3) is 3.67. The van der Waals surface area contributed by atoms with Crippen LogP contribution in [0, 0.1) is 5.92 Å². The number of fused-ring (bicyclic) bond motifs is 1. The van der Waals surface area contributed by atoms with Gasteiger partial charge in [0.1, 0.15) is 5.75 Å². The molecule has 0 aromatic heterocycles. The zero-order valence-electron chi connectivity index (χ0n) is 15.0. The van der Waals surface area contributed by atoms with Crippen molar-refractivity contribution in [3.05, 3.63) is 29.8 Å². The molecule has 3 rings (SSSR count). The number of amides is 1. The number of rotatable bonds is 4. The summed E-state index contributed by atoms with van der Waals surface area (Å²) >= 11 is 0. The SMILES string of the molecule is COc1ccccc1CN1CCN(C(=O)C(C)C)[C@@H]2CS(=O)(=O)C[C@@H]21. The molecule has 2 fully saturated rings. The third-order valence-corrected chi connectivity index (χ3v) is 6.83. The van der Waals surface area contributed by atoms with E-state index in [9.17, 15) is 13.2 Å². The molecule has 0 spiro atoms. The van der Waals surface area contributed by atoms with Crippen LogP contribution < -0.4 is 4.74 Å². The van der Waals surface area contributed by atoms with Crippen molar-refractivity contribution >= 4 is 15.7 Å². The van der Waals surface area contributed by atoms with Crippen LogP contribution in [-0.2, 0) is 21.2 Å². The standard InChI is InChI=1S/C18H26N2O4S/c1-13(2)18(21)20-9-8-19(15-11-25(22,23)12-16(15)20)10-14-6-4-5-7-17(14)24-3/h4-7,13,15-16H,8-12H2,1-3H3/t15-,16+/m0/s1. The molecule has 138 valence electrons. The fourth-order valence-corrected chi connectivity index (χ4v) is 5.89. The van der Waals surface area contributed by atoms with Crippen LogP contribution >= 0.6 is 0 Å². The molecule has 2 aliphatic rings. The molecule has 6 nitrogen and oxygen atoms in total. The summed E-state index contributed by atoms with van der Waals surface area (Å²) < 4.78 is 30.0. The Morgan fingerprint density at radius 2 is 1.88 bits per heavy atom. The van der Waals surface area contributed by atoms with Crippen LogP contribution in [0.1, 0.15) is 19.4 Å². The first-order valence-corrected chi connectivity index (χ1v) is 10.5. The highest BCUT2D eigenvalue weighted by Crippen LogP contribution is 2.30. The summed E-state index contributed by atoms with van der Waals surface area (Å²) in [6.07, 6.45) is 0. The Morgan fingerprint density at radius 1 is 1.20 bits per heavy atom. The van der Waals surface area contributed by atoms with E-state index in [0.29, 0.717) is 19.6 Å². The van der Waals surface area contributed by atoms with E-state index in [4.69, 9.17) is 4.74 Å². The predicted molar refractivity (Wildman–Crippen MR) is 96.2 cm³/mol. The number of benzene rings is 1. The fraction of sp³-hybridized carbons (Fsp3) is 0.611. The lowest BCUT2D eigenvalue weighted by Crippen LogP contribution is -2.60. The molecule has 0 saturated carbocycles. The van der Waals surface area contributed by atoms with E-state index in [1.54, 1.807) is 12.0 Å². The number of para-hydroxylation sites is 1. The van der Waals surface area contributed by atoms with E-state index in [1.165, 1.54) is 0 Å². The first-order valence-electron chi connectivity index (χ1n) is 8.69. The van der Waals surface area contributed by atoms with Crippen molar-refractivity contribution < 1.29 is 17.9 Å². The molecule has 2 aliphatic heterocycles. The van der Waals surface area contributed by atoms with Crippen LogP contribution in [0.15, 0.2) is 24.3 Å². The second-order valence-corrected chi connectivity index (χ2v) is 9.33. The molecule has 7 heteroatoms. The number of carbonyl (C=O) groups excluding carboxylic acids is 1. The Labute approximate surface area is 149 Å². The summed E-state index contributed by atoms with van der Waals surface area (Å²) in [5.41, 5.74) is 1.04. The normalized spacial score (nSPS) is 25.8. The van der Waals surface area contributed by atoms with Crippen LogP contribution in [0.5, 0.6) is 5.75 Å². The summed E-state index contributed by atoms with van der Waals surface area (Å²) in [5, 5.41) is 0. The van der Waals surface area contributed by atoms with Crippen LogP contribution in [-0.4, -0.2) is 67.9 Å². The average molecular weight is 366 g/mol. The number of nitrogens with zero attached hydrogens (tertiary/aromatic N) is 2. The molecule has 2 heterocycles. The van der Waals surface area contributed by atoms with Crippen LogP contribution in [0.25, 0.3) is 0 Å². The average Bonchev–Trinajstić information content (AvgIpc) is 2.90. The Hall–Kier alpha value is -1.60. The quantitative estimate of drug-likeness (QED) is 0.800. The number of sulfone groups is 1. The van der Waals surface area contributed by atoms with Gasteiger partial charge in [0.15, 0.2) is 9.84 Å². The van der Waals surface area contributed by atoms with E-state index >= 15 is 0 Å². The number of hydrogen-bond donors (Lipinski definition) is 0. The summed E-state index contributed by atoms with van der Waals surface area (Å²) in [4.78, 5) is 16.5. The molecular formula is C18H26N2O4S. The zero-order valence-corrected chi connectivity index (χ0v) is 15.8. The van der Waals surface area contributed by atoms with Gasteiger partial charge in [0.2, 0.25) is 5.91 Å². The van der Waals surface area contributed by atoms with Gasteiger partial charge in [0.25, 0.3) is 0 Å². The minimum Gasteiger partial charge on any atom is -0.496 e. The van der Waals surface area contributed by atoms with Crippen LogP contribution in [0.2, 0.25) is 0 Å². The van der Waals surface area contributed by atoms with Crippen molar-refractivity contribution in [2.45, 2.75) is 32.5 Å². The summed E-state index contributed by atoms with van der Waals surface area (Å²) in [6.45, 7) is 5.60. The topological polar surface area (TPSA) is 66.9 Å². The van der Waals surface area contributed by atoms with E-state index in [1.807, 2.05) is 38.1 Å². The van der Waals surface area contributed by atoms with E-state index in [2.05, 4.69) is 4.90 Å². The third-order valence-electron chi connectivity index (χ3n) is 5.13. The van der Waals surface area contributed by atoms with E-state index < -0.39 is 9.84 Å². The number of methoxy groups -OCH3 is 1. The Bertz CT molecular complexity index is 747. The number of piperazine rings is 1. The second kappa shape index (κ2) is 6.96. The highest BCUT2D eigenvalue weighted by molar-refractivity contribution is 7.91. The van der Waals surface area contributed by atoms with E-state index in [-0.39, 0.29) is 35.4 Å². The highest BCUT2D eigenvalue weighted by Gasteiger charge is 2.48. The number of hydrogen-bond acceptors (Lipinski definition) is 5. The maximum absolute atomic E-state index is 12.5. The fourth-order valence-electron chi connectivity index (χ4n) is 3.88. The van der Waals surface area contributed by atoms with Gasteiger partial charge in [-0.15, -0.1) is 0 Å². The monoisotopic (exact) mass is 366 g/mol. The van der Waals surface area contributed by atoms with Gasteiger partial charge in [-0.05, 0) is 6.07 Å². The lowest BCUT2D eigenvalue weighted by atomic mass is 10.0. The molecule has 0 radical (unpaired) electrons. The van der Waals surface area contributed by atoms with Crippen LogP contribution in [0.3, 0.4) is 0 Å². The minimum absolute atomic E-state index is 0.0454. The Balaban J connectivity index is 1.85. The first kappa shape index (κ1) is 18.2. The van der Waals surface area contributed by atoms with Gasteiger partial charge < -0.3 is 9.64 Å². The zero-order chi connectivity index (χ0) is 18.2. The van der Waals surface area contributed by atoms with Crippen molar-refractivity contribution in [1.82, 2.24) is 9.80 Å². The minimum atomic E-state index is -3.13. The van der Waals surface area contributed by atoms with Gasteiger partial charge in [0, 0.05) is 37.2 Å². The second-order valence-electron chi connectivity index (χ2n) is 7.18. The van der Waals surface area contributed by atoms with Crippen molar-refractivity contribution in [1.29, 1.82) is 0 Å². The Kier molecular flexibility index (Phi) is 5.06. The first-order chi connectivity index (χ1) is 11.8. The van der Waals surface area contributed by atoms with Gasteiger partial charge in [-0.25, -0.2) is 8.42 Å². The molecule has 0 aliphatic carbocycles. The summed E-state index contributed by atoms with van der Waals surface area (Å²) in [6, 6.07) is 7.40. The largest absolute Gasteiger partial charge is 0.496 e. The lowest BCUT2D eigenvalue weighted by Gasteiger charge is -2.44. The maximum Gasteiger partial charge on any atom is 0.225 e. The molecule has 2 saturated heterocycles. The molecule has 0 bridgehead atoms. The molecule has 1 aromatic carbocycles. The highest BCUT2D eigenvalue weighted by atomic mass is 32.2. The molecule has 1 aromatic rings. The number of ether oxygens (including phenoxy) is 1. The number of carbonyl (C=O) groups is 1. The van der Waals surface area contributed by atoms with Crippen molar-refractivity contribution in [2.24, 2.45) is 5.92 Å². The predicted octanol–water partition coefficient (Wildman–Crippen LogP) is 1.16. The smallest absolute Gasteiger partial charge is 0.225 e. The molecule has 2 atom stereocenters. The van der Waals surface area contributed by atoms with Crippen LogP contribution in [0.4, 0.5) is 0 Å². The maximum atomic E-state index is 12.5. The summed E-state index contributed by atoms with van der Waals surface area (Å²) in [5.74, 6) is 0.919. The lowest BCUT2D eigenvalue weighted by molar-refractivity contribution is -0.140. The van der Waals surface area contributed by atoms with Crippen molar-refractivity contribution in [3.8, 4) is 5.75 Å². The van der Waals surface area contributed by atoms with Crippen molar-refractivity contribution in [3.63, 3.8) is 0 Å². The van der Waals surface area contributed by atoms with Gasteiger partial charge in [-0.2, -0.15) is 0 Å². The molecule has 25 heavy (non-hydrogen) atoms. The van der Waals surface area contributed by atoms with Crippen molar-refractivity contribution in [2.75, 3.05) is 31.7 Å². The molecule has 0 N–H and O–H groups in total.